The zero-order chi connectivity index (χ0) is 24.1. The van der Waals surface area contributed by atoms with Crippen molar-refractivity contribution in [1.82, 2.24) is 0 Å². The number of anilines is 3. The molecule has 4 rings (SSSR count). The maximum atomic E-state index is 13.5. The highest BCUT2D eigenvalue weighted by Crippen LogP contribution is 2.26. The summed E-state index contributed by atoms with van der Waals surface area (Å²) >= 11 is 0. The van der Waals surface area contributed by atoms with Crippen molar-refractivity contribution in [2.45, 2.75) is 37.5 Å². The van der Waals surface area contributed by atoms with E-state index in [0.717, 1.165) is 24.3 Å². The summed E-state index contributed by atoms with van der Waals surface area (Å²) in [5, 5.41) is 2.85. The molecule has 0 saturated carbocycles. The van der Waals surface area contributed by atoms with E-state index in [2.05, 4.69) is 24.1 Å². The smallest absolute Gasteiger partial charge is 0.264 e. The predicted octanol–water partition coefficient (Wildman–Crippen LogP) is 5.24. The van der Waals surface area contributed by atoms with Crippen LogP contribution in [0.1, 0.15) is 38.2 Å². The van der Waals surface area contributed by atoms with E-state index in [0.29, 0.717) is 17.3 Å². The molecule has 1 heterocycles. The molecule has 1 aliphatic heterocycles. The summed E-state index contributed by atoms with van der Waals surface area (Å²) in [6, 6.07) is 23.2. The lowest BCUT2D eigenvalue weighted by atomic mass is 10.0. The molecule has 3 aromatic rings. The number of carbonyl (C=O) groups excluding carboxylic acids is 1. The maximum absolute atomic E-state index is 13.5. The largest absolute Gasteiger partial charge is 0.372 e. The van der Waals surface area contributed by atoms with Crippen molar-refractivity contribution in [3.05, 3.63) is 84.4 Å². The molecule has 7 heteroatoms. The fraction of sp³-hybridized carbons (Fsp3) is 0.296. The van der Waals surface area contributed by atoms with Crippen molar-refractivity contribution in [2.24, 2.45) is 0 Å². The Hall–Kier alpha value is -3.32. The van der Waals surface area contributed by atoms with Crippen LogP contribution in [-0.2, 0) is 14.8 Å². The summed E-state index contributed by atoms with van der Waals surface area (Å²) in [7, 11) is -3.93. The van der Waals surface area contributed by atoms with Crippen molar-refractivity contribution in [3.63, 3.8) is 0 Å². The number of nitrogens with one attached hydrogen (secondary N) is 1. The average molecular weight is 478 g/mol. The molecule has 0 aromatic heterocycles. The molecule has 1 N–H and O–H groups in total. The summed E-state index contributed by atoms with van der Waals surface area (Å²) in [5.41, 5.74) is 3.32. The van der Waals surface area contributed by atoms with Gasteiger partial charge in [0.1, 0.15) is 6.54 Å². The first kappa shape index (κ1) is 23.8. The molecule has 0 radical (unpaired) electrons. The van der Waals surface area contributed by atoms with Crippen LogP contribution in [0.5, 0.6) is 0 Å². The minimum atomic E-state index is -3.93. The van der Waals surface area contributed by atoms with Crippen LogP contribution in [-0.4, -0.2) is 34.0 Å². The average Bonchev–Trinajstić information content (AvgIpc) is 3.39. The van der Waals surface area contributed by atoms with Crippen molar-refractivity contribution in [1.29, 1.82) is 0 Å². The van der Waals surface area contributed by atoms with Gasteiger partial charge >= 0.3 is 0 Å². The zero-order valence-electron chi connectivity index (χ0n) is 19.6. The minimum absolute atomic E-state index is 0.144. The van der Waals surface area contributed by atoms with Gasteiger partial charge in [-0.1, -0.05) is 44.2 Å². The number of hydrogen-bond donors (Lipinski definition) is 1. The summed E-state index contributed by atoms with van der Waals surface area (Å²) in [4.78, 5) is 15.4. The molecule has 3 aromatic carbocycles. The lowest BCUT2D eigenvalue weighted by Gasteiger charge is -2.24. The fourth-order valence-electron chi connectivity index (χ4n) is 4.12. The van der Waals surface area contributed by atoms with Crippen molar-refractivity contribution < 1.29 is 13.2 Å². The summed E-state index contributed by atoms with van der Waals surface area (Å²) < 4.78 is 28.1. The first-order valence-electron chi connectivity index (χ1n) is 11.7. The minimum Gasteiger partial charge on any atom is -0.372 e. The molecule has 0 spiro atoms. The van der Waals surface area contributed by atoms with Gasteiger partial charge in [0.05, 0.1) is 10.6 Å². The molecule has 0 aliphatic carbocycles. The molecule has 6 nitrogen and oxygen atoms in total. The fourth-order valence-corrected chi connectivity index (χ4v) is 5.56. The Bertz CT molecular complexity index is 1200. The molecule has 0 bridgehead atoms. The lowest BCUT2D eigenvalue weighted by Crippen LogP contribution is -2.38. The molecule has 1 amide bonds. The summed E-state index contributed by atoms with van der Waals surface area (Å²) in [5.74, 6) is -0.0820. The normalized spacial score (nSPS) is 13.8. The zero-order valence-corrected chi connectivity index (χ0v) is 20.5. The van der Waals surface area contributed by atoms with Crippen LogP contribution >= 0.6 is 0 Å². The highest BCUT2D eigenvalue weighted by Gasteiger charge is 2.27. The van der Waals surface area contributed by atoms with Crippen molar-refractivity contribution >= 4 is 33.0 Å². The van der Waals surface area contributed by atoms with Gasteiger partial charge in [0, 0.05) is 24.5 Å². The number of amides is 1. The number of rotatable bonds is 8. The molecule has 1 aliphatic rings. The Labute approximate surface area is 202 Å². The number of hydrogen-bond acceptors (Lipinski definition) is 4. The number of carbonyl (C=O) groups is 1. The van der Waals surface area contributed by atoms with Gasteiger partial charge in [-0.3, -0.25) is 9.10 Å². The van der Waals surface area contributed by atoms with Crippen LogP contribution in [0.25, 0.3) is 0 Å². The van der Waals surface area contributed by atoms with Crippen LogP contribution < -0.4 is 14.5 Å². The second kappa shape index (κ2) is 10.3. The third-order valence-electron chi connectivity index (χ3n) is 6.09. The SMILES string of the molecule is CC(C)c1ccc(N(CC(=O)Nc2ccc(N3CCCC3)cc2)S(=O)(=O)c2ccccc2)cc1. The van der Waals surface area contributed by atoms with E-state index in [9.17, 15) is 13.2 Å². The molecule has 34 heavy (non-hydrogen) atoms. The Morgan fingerprint density at radius 2 is 1.53 bits per heavy atom. The van der Waals surface area contributed by atoms with Gasteiger partial charge in [0.15, 0.2) is 0 Å². The monoisotopic (exact) mass is 477 g/mol. The third kappa shape index (κ3) is 5.42. The summed E-state index contributed by atoms with van der Waals surface area (Å²) in [6.45, 7) is 5.93. The molecule has 0 unspecified atom stereocenters. The Morgan fingerprint density at radius 1 is 0.912 bits per heavy atom. The maximum Gasteiger partial charge on any atom is 0.264 e. The van der Waals surface area contributed by atoms with Crippen LogP contribution in [0, 0.1) is 0 Å². The quantitative estimate of drug-likeness (QED) is 0.481. The third-order valence-corrected chi connectivity index (χ3v) is 7.88. The first-order valence-corrected chi connectivity index (χ1v) is 13.1. The van der Waals surface area contributed by atoms with Gasteiger partial charge < -0.3 is 10.2 Å². The van der Waals surface area contributed by atoms with Crippen molar-refractivity contribution in [3.8, 4) is 0 Å². The van der Waals surface area contributed by atoms with Gasteiger partial charge in [-0.25, -0.2) is 8.42 Å². The number of benzene rings is 3. The van der Waals surface area contributed by atoms with Crippen LogP contribution in [0.2, 0.25) is 0 Å². The number of sulfonamides is 1. The van der Waals surface area contributed by atoms with E-state index < -0.39 is 15.9 Å². The van der Waals surface area contributed by atoms with E-state index in [1.807, 2.05) is 36.4 Å². The summed E-state index contributed by atoms with van der Waals surface area (Å²) in [6.07, 6.45) is 2.39. The molecule has 178 valence electrons. The standard InChI is InChI=1S/C27H31N3O3S/c1-21(2)22-10-14-25(15-11-22)30(34(32,33)26-8-4-3-5-9-26)20-27(31)28-23-12-16-24(17-13-23)29-18-6-7-19-29/h3-5,8-17,21H,6-7,18-20H2,1-2H3,(H,28,31). The van der Waals surface area contributed by atoms with E-state index in [-0.39, 0.29) is 11.4 Å². The molecular formula is C27H31N3O3S. The highest BCUT2D eigenvalue weighted by atomic mass is 32.2. The second-order valence-electron chi connectivity index (χ2n) is 8.86. The predicted molar refractivity (Wildman–Crippen MR) is 138 cm³/mol. The van der Waals surface area contributed by atoms with E-state index in [4.69, 9.17) is 0 Å². The lowest BCUT2D eigenvalue weighted by molar-refractivity contribution is -0.114. The highest BCUT2D eigenvalue weighted by molar-refractivity contribution is 7.92. The molecule has 1 fully saturated rings. The van der Waals surface area contributed by atoms with Gasteiger partial charge in [-0.15, -0.1) is 0 Å². The molecule has 1 saturated heterocycles. The van der Waals surface area contributed by atoms with E-state index in [1.54, 1.807) is 42.5 Å². The number of nitrogens with zero attached hydrogens (tertiary/aromatic N) is 2. The van der Waals surface area contributed by atoms with Crippen LogP contribution in [0.15, 0.2) is 83.8 Å². The Balaban J connectivity index is 1.55. The molecule has 0 atom stereocenters. The second-order valence-corrected chi connectivity index (χ2v) is 10.7. The Kier molecular flexibility index (Phi) is 7.22. The van der Waals surface area contributed by atoms with Gasteiger partial charge in [0.25, 0.3) is 10.0 Å². The first-order chi connectivity index (χ1) is 16.3. The van der Waals surface area contributed by atoms with Gasteiger partial charge in [-0.05, 0) is 72.9 Å². The topological polar surface area (TPSA) is 69.7 Å². The van der Waals surface area contributed by atoms with Crippen LogP contribution in [0.3, 0.4) is 0 Å². The van der Waals surface area contributed by atoms with Crippen molar-refractivity contribution in [2.75, 3.05) is 34.2 Å². The van der Waals surface area contributed by atoms with Crippen LogP contribution in [0.4, 0.5) is 17.1 Å². The molecular weight excluding hydrogens is 446 g/mol. The van der Waals surface area contributed by atoms with E-state index >= 15 is 0 Å². The van der Waals surface area contributed by atoms with E-state index in [1.165, 1.54) is 17.1 Å². The van der Waals surface area contributed by atoms with Gasteiger partial charge in [0.2, 0.25) is 5.91 Å². The Morgan fingerprint density at radius 3 is 2.12 bits per heavy atom. The van der Waals surface area contributed by atoms with Gasteiger partial charge in [-0.2, -0.15) is 0 Å².